The van der Waals surface area contributed by atoms with Crippen molar-refractivity contribution < 1.29 is 18.8 Å². The van der Waals surface area contributed by atoms with Crippen molar-refractivity contribution in [1.29, 1.82) is 0 Å². The van der Waals surface area contributed by atoms with E-state index in [2.05, 4.69) is 9.89 Å². The first kappa shape index (κ1) is 9.43. The van der Waals surface area contributed by atoms with Crippen molar-refractivity contribution in [3.05, 3.63) is 0 Å². The molecule has 1 saturated carbocycles. The lowest BCUT2D eigenvalue weighted by Crippen LogP contribution is -2.43. The van der Waals surface area contributed by atoms with E-state index in [4.69, 9.17) is 4.84 Å². The maximum absolute atomic E-state index is 13.2. The van der Waals surface area contributed by atoms with Gasteiger partial charge in [-0.15, -0.1) is 0 Å². The van der Waals surface area contributed by atoms with E-state index in [1.54, 1.807) is 6.92 Å². The zero-order chi connectivity index (χ0) is 10.3. The molecule has 0 saturated heterocycles. The molecule has 3 atom stereocenters. The summed E-state index contributed by atoms with van der Waals surface area (Å²) in [5.74, 6) is -0.784. The zero-order valence-electron chi connectivity index (χ0n) is 8.12. The molecule has 0 aromatic carbocycles. The van der Waals surface area contributed by atoms with E-state index in [1.807, 2.05) is 0 Å². The second-order valence-corrected chi connectivity index (χ2v) is 3.79. The third kappa shape index (κ3) is 1.04. The number of oxime groups is 1. The highest BCUT2D eigenvalue weighted by molar-refractivity contribution is 5.95. The maximum Gasteiger partial charge on any atom is 0.353 e. The summed E-state index contributed by atoms with van der Waals surface area (Å²) >= 11 is 0. The Morgan fingerprint density at radius 1 is 1.79 bits per heavy atom. The van der Waals surface area contributed by atoms with Gasteiger partial charge in [-0.25, -0.2) is 9.18 Å². The average Bonchev–Trinajstić information content (AvgIpc) is 2.64. The van der Waals surface area contributed by atoms with Gasteiger partial charge in [-0.3, -0.25) is 0 Å². The smallest absolute Gasteiger partial charge is 0.353 e. The van der Waals surface area contributed by atoms with Crippen molar-refractivity contribution in [2.45, 2.75) is 31.5 Å². The van der Waals surface area contributed by atoms with E-state index in [9.17, 15) is 9.18 Å². The Bertz CT molecular complexity index is 304. The van der Waals surface area contributed by atoms with Gasteiger partial charge in [0.05, 0.1) is 18.7 Å². The third-order valence-corrected chi connectivity index (χ3v) is 2.97. The first-order chi connectivity index (χ1) is 6.60. The van der Waals surface area contributed by atoms with E-state index in [0.29, 0.717) is 12.1 Å². The van der Waals surface area contributed by atoms with Crippen LogP contribution >= 0.6 is 0 Å². The van der Waals surface area contributed by atoms with E-state index in [1.165, 1.54) is 7.11 Å². The van der Waals surface area contributed by atoms with Gasteiger partial charge >= 0.3 is 5.97 Å². The summed E-state index contributed by atoms with van der Waals surface area (Å²) < 4.78 is 17.8. The fourth-order valence-corrected chi connectivity index (χ4v) is 2.26. The van der Waals surface area contributed by atoms with Crippen LogP contribution in [0.15, 0.2) is 5.16 Å². The number of fused-ring (bicyclic) bond motifs is 1. The number of nitrogens with zero attached hydrogens (tertiary/aromatic N) is 1. The normalized spacial score (nSPS) is 40.1. The topological polar surface area (TPSA) is 47.9 Å². The van der Waals surface area contributed by atoms with Crippen molar-refractivity contribution in [2.24, 2.45) is 11.1 Å². The molecule has 1 heterocycles. The number of rotatable bonds is 1. The molecular weight excluding hydrogens is 189 g/mol. The summed E-state index contributed by atoms with van der Waals surface area (Å²) in [5.41, 5.74) is -0.506. The van der Waals surface area contributed by atoms with E-state index in [0.717, 1.165) is 0 Å². The molecule has 0 bridgehead atoms. The van der Waals surface area contributed by atoms with Crippen LogP contribution in [-0.4, -0.2) is 30.6 Å². The van der Waals surface area contributed by atoms with Gasteiger partial charge in [0, 0.05) is 6.42 Å². The number of hydrogen-bond acceptors (Lipinski definition) is 4. The highest BCUT2D eigenvalue weighted by atomic mass is 19.1. The van der Waals surface area contributed by atoms with Gasteiger partial charge in [0.1, 0.15) is 6.17 Å². The Balaban J connectivity index is 2.30. The Morgan fingerprint density at radius 2 is 2.50 bits per heavy atom. The van der Waals surface area contributed by atoms with Crippen LogP contribution in [0.25, 0.3) is 0 Å². The highest BCUT2D eigenvalue weighted by Crippen LogP contribution is 2.45. The minimum atomic E-state index is -1.18. The number of hydrogen-bond donors (Lipinski definition) is 0. The van der Waals surface area contributed by atoms with Crippen LogP contribution in [0.2, 0.25) is 0 Å². The Morgan fingerprint density at radius 3 is 3.14 bits per heavy atom. The molecule has 4 nitrogen and oxygen atoms in total. The number of carbonyl (C=O) groups excluding carboxylic acids is 1. The molecule has 0 radical (unpaired) electrons. The molecule has 0 amide bonds. The van der Waals surface area contributed by atoms with Crippen molar-refractivity contribution in [3.63, 3.8) is 0 Å². The van der Waals surface area contributed by atoms with Gasteiger partial charge < -0.3 is 9.57 Å². The van der Waals surface area contributed by atoms with E-state index < -0.39 is 17.7 Å². The minimum Gasteiger partial charge on any atom is -0.466 e. The maximum atomic E-state index is 13.2. The van der Waals surface area contributed by atoms with Crippen molar-refractivity contribution in [1.82, 2.24) is 0 Å². The molecular formula is C9H12FNO3. The number of methoxy groups -OCH3 is 1. The van der Waals surface area contributed by atoms with Crippen molar-refractivity contribution in [2.75, 3.05) is 7.11 Å². The molecule has 1 fully saturated rings. The molecule has 5 heteroatoms. The summed E-state index contributed by atoms with van der Waals surface area (Å²) in [6.07, 6.45) is -0.667. The highest BCUT2D eigenvalue weighted by Gasteiger charge is 2.61. The number of carbonyl (C=O) groups is 1. The Labute approximate surface area is 81.1 Å². The fraction of sp³-hybridized carbons (Fsp3) is 0.778. The molecule has 1 aliphatic carbocycles. The molecule has 14 heavy (non-hydrogen) atoms. The quantitative estimate of drug-likeness (QED) is 0.596. The van der Waals surface area contributed by atoms with Crippen LogP contribution in [0.3, 0.4) is 0 Å². The summed E-state index contributed by atoms with van der Waals surface area (Å²) in [5, 5.41) is 3.75. The van der Waals surface area contributed by atoms with Crippen LogP contribution in [-0.2, 0) is 14.4 Å². The van der Waals surface area contributed by atoms with Crippen LogP contribution in [0.5, 0.6) is 0 Å². The summed E-state index contributed by atoms with van der Waals surface area (Å²) in [7, 11) is 1.27. The Kier molecular flexibility index (Phi) is 1.97. The lowest BCUT2D eigenvalue weighted by atomic mass is 9.88. The summed E-state index contributed by atoms with van der Waals surface area (Å²) in [4.78, 5) is 16.6. The predicted octanol–water partition coefficient (Wildman–Crippen LogP) is 1.05. The molecule has 0 N–H and O–H groups in total. The first-order valence-electron chi connectivity index (χ1n) is 4.55. The number of esters is 1. The SMILES string of the molecule is COC(=O)C12CC(F)CC1C(C)=NO2. The third-order valence-electron chi connectivity index (χ3n) is 2.97. The van der Waals surface area contributed by atoms with Gasteiger partial charge in [-0.2, -0.15) is 0 Å². The lowest BCUT2D eigenvalue weighted by Gasteiger charge is -2.22. The number of halogens is 1. The second kappa shape index (κ2) is 2.93. The van der Waals surface area contributed by atoms with Crippen LogP contribution in [0.4, 0.5) is 4.39 Å². The standard InChI is InChI=1S/C9H12FNO3/c1-5-7-3-6(10)4-9(7,14-11-5)8(12)13-2/h6-7H,3-4H2,1-2H3. The largest absolute Gasteiger partial charge is 0.466 e. The molecule has 3 unspecified atom stereocenters. The fourth-order valence-electron chi connectivity index (χ4n) is 2.26. The van der Waals surface area contributed by atoms with Gasteiger partial charge in [0.25, 0.3) is 0 Å². The van der Waals surface area contributed by atoms with Crippen molar-refractivity contribution >= 4 is 11.7 Å². The monoisotopic (exact) mass is 201 g/mol. The molecule has 2 aliphatic rings. The van der Waals surface area contributed by atoms with Crippen LogP contribution in [0.1, 0.15) is 19.8 Å². The first-order valence-corrected chi connectivity index (χ1v) is 4.55. The molecule has 0 aromatic rings. The van der Waals surface area contributed by atoms with E-state index >= 15 is 0 Å². The summed E-state index contributed by atoms with van der Waals surface area (Å²) in [6.45, 7) is 1.74. The lowest BCUT2D eigenvalue weighted by molar-refractivity contribution is -0.169. The second-order valence-electron chi connectivity index (χ2n) is 3.79. The predicted molar refractivity (Wildman–Crippen MR) is 46.6 cm³/mol. The molecule has 0 spiro atoms. The van der Waals surface area contributed by atoms with E-state index in [-0.39, 0.29) is 12.3 Å². The van der Waals surface area contributed by atoms with Gasteiger partial charge in [0.2, 0.25) is 5.60 Å². The molecule has 78 valence electrons. The van der Waals surface area contributed by atoms with Gasteiger partial charge in [0.15, 0.2) is 0 Å². The van der Waals surface area contributed by atoms with Crippen LogP contribution < -0.4 is 0 Å². The van der Waals surface area contributed by atoms with Crippen molar-refractivity contribution in [3.8, 4) is 0 Å². The van der Waals surface area contributed by atoms with Gasteiger partial charge in [-0.05, 0) is 13.3 Å². The zero-order valence-corrected chi connectivity index (χ0v) is 8.12. The molecule has 2 rings (SSSR count). The minimum absolute atomic E-state index is 0.0468. The average molecular weight is 201 g/mol. The summed E-state index contributed by atoms with van der Waals surface area (Å²) in [6, 6.07) is 0. The number of ether oxygens (including phenoxy) is 1. The van der Waals surface area contributed by atoms with Crippen LogP contribution in [0, 0.1) is 5.92 Å². The van der Waals surface area contributed by atoms with Gasteiger partial charge in [-0.1, -0.05) is 5.16 Å². The number of alkyl halides is 1. The molecule has 1 aliphatic heterocycles. The molecule has 0 aromatic heterocycles. The Hall–Kier alpha value is -1.13.